The van der Waals surface area contributed by atoms with Crippen LogP contribution >= 0.6 is 11.6 Å². The quantitative estimate of drug-likeness (QED) is 0.747. The van der Waals surface area contributed by atoms with Crippen LogP contribution in [0, 0.1) is 0 Å². The maximum atomic E-state index is 12.4. The van der Waals surface area contributed by atoms with Crippen molar-refractivity contribution >= 4 is 33.2 Å². The number of methoxy groups -OCH3 is 2. The standard InChI is InChI=1S/C17H19ClN2O5S/c1-11(17(21)19-12-4-9-16(25-3)15(18)10-12)20-26(22,23)14-7-5-13(24-2)6-8-14/h4-11,20H,1-3H3,(H,19,21)/t11-/m0/s1. The van der Waals surface area contributed by atoms with Crippen molar-refractivity contribution in [1.29, 1.82) is 0 Å². The van der Waals surface area contributed by atoms with E-state index in [0.717, 1.165) is 0 Å². The number of carbonyl (C=O) groups excluding carboxylic acids is 1. The van der Waals surface area contributed by atoms with Crippen LogP contribution in [0.5, 0.6) is 11.5 Å². The van der Waals surface area contributed by atoms with Crippen molar-refractivity contribution in [2.75, 3.05) is 19.5 Å². The monoisotopic (exact) mass is 398 g/mol. The van der Waals surface area contributed by atoms with E-state index < -0.39 is 22.0 Å². The average Bonchev–Trinajstić information content (AvgIpc) is 2.61. The molecule has 2 N–H and O–H groups in total. The second-order valence-electron chi connectivity index (χ2n) is 5.36. The van der Waals surface area contributed by atoms with Crippen LogP contribution < -0.4 is 19.5 Å². The zero-order valence-corrected chi connectivity index (χ0v) is 16.0. The van der Waals surface area contributed by atoms with Crippen molar-refractivity contribution in [3.05, 3.63) is 47.5 Å². The Labute approximate surface area is 157 Å². The fourth-order valence-electron chi connectivity index (χ4n) is 2.10. The van der Waals surface area contributed by atoms with Gasteiger partial charge in [-0.3, -0.25) is 4.79 Å². The van der Waals surface area contributed by atoms with Crippen molar-refractivity contribution in [2.45, 2.75) is 17.9 Å². The molecule has 0 radical (unpaired) electrons. The topological polar surface area (TPSA) is 93.7 Å². The van der Waals surface area contributed by atoms with E-state index >= 15 is 0 Å². The van der Waals surface area contributed by atoms with Crippen molar-refractivity contribution in [3.8, 4) is 11.5 Å². The number of ether oxygens (including phenoxy) is 2. The van der Waals surface area contributed by atoms with Gasteiger partial charge in [0.2, 0.25) is 15.9 Å². The van der Waals surface area contributed by atoms with Crippen LogP contribution in [-0.2, 0) is 14.8 Å². The molecular formula is C17H19ClN2O5S. The van der Waals surface area contributed by atoms with E-state index in [1.165, 1.54) is 51.5 Å². The van der Waals surface area contributed by atoms with Gasteiger partial charge in [-0.05, 0) is 49.4 Å². The minimum atomic E-state index is -3.85. The van der Waals surface area contributed by atoms with Gasteiger partial charge in [0.15, 0.2) is 0 Å². The van der Waals surface area contributed by atoms with E-state index in [0.29, 0.717) is 22.2 Å². The second kappa shape index (κ2) is 8.39. The maximum Gasteiger partial charge on any atom is 0.242 e. The lowest BCUT2D eigenvalue weighted by Crippen LogP contribution is -2.41. The first-order valence-electron chi connectivity index (χ1n) is 7.57. The average molecular weight is 399 g/mol. The third-order valence-corrected chi connectivity index (χ3v) is 5.37. The summed E-state index contributed by atoms with van der Waals surface area (Å²) in [5.41, 5.74) is 0.427. The van der Waals surface area contributed by atoms with Gasteiger partial charge < -0.3 is 14.8 Å². The van der Waals surface area contributed by atoms with E-state index in [-0.39, 0.29) is 4.90 Å². The van der Waals surface area contributed by atoms with Crippen LogP contribution in [0.3, 0.4) is 0 Å². The van der Waals surface area contributed by atoms with E-state index in [9.17, 15) is 13.2 Å². The Morgan fingerprint density at radius 1 is 1.08 bits per heavy atom. The maximum absolute atomic E-state index is 12.4. The summed E-state index contributed by atoms with van der Waals surface area (Å²) in [6, 6.07) is 9.57. The highest BCUT2D eigenvalue weighted by Crippen LogP contribution is 2.27. The molecule has 0 aliphatic carbocycles. The molecule has 0 saturated carbocycles. The van der Waals surface area contributed by atoms with Crippen LogP contribution in [0.1, 0.15) is 6.92 Å². The van der Waals surface area contributed by atoms with Gasteiger partial charge in [-0.2, -0.15) is 4.72 Å². The molecule has 0 bridgehead atoms. The third kappa shape index (κ3) is 4.87. The SMILES string of the molecule is COc1ccc(S(=O)(=O)N[C@@H](C)C(=O)Nc2ccc(OC)c(Cl)c2)cc1. The van der Waals surface area contributed by atoms with Gasteiger partial charge in [0.05, 0.1) is 30.2 Å². The molecule has 0 spiro atoms. The van der Waals surface area contributed by atoms with Crippen molar-refractivity contribution in [1.82, 2.24) is 4.72 Å². The van der Waals surface area contributed by atoms with Gasteiger partial charge >= 0.3 is 0 Å². The highest BCUT2D eigenvalue weighted by molar-refractivity contribution is 7.89. The molecule has 2 aromatic rings. The molecule has 1 atom stereocenters. The number of hydrogen-bond donors (Lipinski definition) is 2. The van der Waals surface area contributed by atoms with Crippen LogP contribution in [-0.4, -0.2) is 34.6 Å². The first kappa shape index (κ1) is 20.0. The lowest BCUT2D eigenvalue weighted by molar-refractivity contribution is -0.117. The summed E-state index contributed by atoms with van der Waals surface area (Å²) in [6.45, 7) is 1.45. The molecule has 0 aromatic heterocycles. The highest BCUT2D eigenvalue weighted by atomic mass is 35.5. The number of sulfonamides is 1. The minimum Gasteiger partial charge on any atom is -0.497 e. The Bertz CT molecular complexity index is 885. The smallest absolute Gasteiger partial charge is 0.242 e. The zero-order valence-electron chi connectivity index (χ0n) is 14.4. The Balaban J connectivity index is 2.06. The third-order valence-electron chi connectivity index (χ3n) is 3.51. The summed E-state index contributed by atoms with van der Waals surface area (Å²) in [6.07, 6.45) is 0. The van der Waals surface area contributed by atoms with Gasteiger partial charge in [-0.15, -0.1) is 0 Å². The van der Waals surface area contributed by atoms with Gasteiger partial charge in [0.1, 0.15) is 11.5 Å². The normalized spacial score (nSPS) is 12.3. The van der Waals surface area contributed by atoms with E-state index in [1.807, 2.05) is 0 Å². The Morgan fingerprint density at radius 2 is 1.73 bits per heavy atom. The predicted octanol–water partition coefficient (Wildman–Crippen LogP) is 2.66. The zero-order chi connectivity index (χ0) is 19.3. The van der Waals surface area contributed by atoms with E-state index in [4.69, 9.17) is 21.1 Å². The minimum absolute atomic E-state index is 0.0328. The Morgan fingerprint density at radius 3 is 2.27 bits per heavy atom. The van der Waals surface area contributed by atoms with Gasteiger partial charge in [-0.25, -0.2) is 8.42 Å². The van der Waals surface area contributed by atoms with Crippen LogP contribution in [0.15, 0.2) is 47.4 Å². The summed E-state index contributed by atoms with van der Waals surface area (Å²) < 4.78 is 37.1. The first-order chi connectivity index (χ1) is 12.3. The van der Waals surface area contributed by atoms with Gasteiger partial charge in [-0.1, -0.05) is 11.6 Å². The molecule has 0 heterocycles. The summed E-state index contributed by atoms with van der Waals surface area (Å²) in [4.78, 5) is 12.3. The number of hydrogen-bond acceptors (Lipinski definition) is 5. The van der Waals surface area contributed by atoms with Crippen LogP contribution in [0.2, 0.25) is 5.02 Å². The molecule has 2 aromatic carbocycles. The number of halogens is 1. The van der Waals surface area contributed by atoms with E-state index in [1.54, 1.807) is 12.1 Å². The number of amides is 1. The number of benzene rings is 2. The molecule has 26 heavy (non-hydrogen) atoms. The molecule has 0 saturated heterocycles. The summed E-state index contributed by atoms with van der Waals surface area (Å²) in [7, 11) is -0.886. The number of anilines is 1. The fourth-order valence-corrected chi connectivity index (χ4v) is 3.56. The Kier molecular flexibility index (Phi) is 6.47. The highest BCUT2D eigenvalue weighted by Gasteiger charge is 2.22. The number of nitrogens with one attached hydrogen (secondary N) is 2. The molecule has 0 fully saturated rings. The summed E-state index contributed by atoms with van der Waals surface area (Å²) in [5.74, 6) is 0.479. The summed E-state index contributed by atoms with van der Waals surface area (Å²) in [5, 5.41) is 2.93. The molecule has 9 heteroatoms. The largest absolute Gasteiger partial charge is 0.497 e. The van der Waals surface area contributed by atoms with Crippen molar-refractivity contribution in [2.24, 2.45) is 0 Å². The molecule has 0 unspecified atom stereocenters. The molecule has 7 nitrogen and oxygen atoms in total. The van der Waals surface area contributed by atoms with Gasteiger partial charge in [0.25, 0.3) is 0 Å². The predicted molar refractivity (Wildman–Crippen MR) is 99.4 cm³/mol. The Hall–Kier alpha value is -2.29. The van der Waals surface area contributed by atoms with Crippen molar-refractivity contribution < 1.29 is 22.7 Å². The molecule has 0 aliphatic heterocycles. The summed E-state index contributed by atoms with van der Waals surface area (Å²) >= 11 is 6.01. The van der Waals surface area contributed by atoms with Gasteiger partial charge in [0, 0.05) is 5.69 Å². The molecule has 0 aliphatic rings. The number of rotatable bonds is 7. The first-order valence-corrected chi connectivity index (χ1v) is 9.43. The molecule has 2 rings (SSSR count). The molecular weight excluding hydrogens is 380 g/mol. The lowest BCUT2D eigenvalue weighted by atomic mass is 10.2. The number of carbonyl (C=O) groups is 1. The van der Waals surface area contributed by atoms with Crippen molar-refractivity contribution in [3.63, 3.8) is 0 Å². The lowest BCUT2D eigenvalue weighted by Gasteiger charge is -2.15. The van der Waals surface area contributed by atoms with Crippen LogP contribution in [0.4, 0.5) is 5.69 Å². The fraction of sp³-hybridized carbons (Fsp3) is 0.235. The van der Waals surface area contributed by atoms with E-state index in [2.05, 4.69) is 10.0 Å². The second-order valence-corrected chi connectivity index (χ2v) is 7.48. The molecule has 140 valence electrons. The van der Waals surface area contributed by atoms with Crippen LogP contribution in [0.25, 0.3) is 0 Å². The molecule has 1 amide bonds.